The van der Waals surface area contributed by atoms with Gasteiger partial charge >= 0.3 is 0 Å². The van der Waals surface area contributed by atoms with Crippen LogP contribution in [0.1, 0.15) is 25.0 Å². The summed E-state index contributed by atoms with van der Waals surface area (Å²) in [6.07, 6.45) is 7.81. The van der Waals surface area contributed by atoms with Crippen LogP contribution < -0.4 is 0 Å². The van der Waals surface area contributed by atoms with E-state index in [1.54, 1.807) is 12.4 Å². The molecule has 4 heteroatoms. The minimum absolute atomic E-state index is 0.160. The van der Waals surface area contributed by atoms with Crippen molar-refractivity contribution in [1.82, 2.24) is 19.9 Å². The zero-order valence-electron chi connectivity index (χ0n) is 26.8. The summed E-state index contributed by atoms with van der Waals surface area (Å²) >= 11 is 0. The van der Waals surface area contributed by atoms with Crippen molar-refractivity contribution in [2.24, 2.45) is 0 Å². The maximum atomic E-state index is 3.78. The van der Waals surface area contributed by atoms with Crippen LogP contribution in [0.4, 0.5) is 0 Å². The lowest BCUT2D eigenvalue weighted by molar-refractivity contribution is 0.660. The van der Waals surface area contributed by atoms with E-state index in [1.165, 1.54) is 62.8 Å². The average molecular weight is 611 g/mol. The Labute approximate surface area is 277 Å². The molecule has 4 nitrogen and oxygen atoms in total. The van der Waals surface area contributed by atoms with Gasteiger partial charge in [0.2, 0.25) is 0 Å². The van der Waals surface area contributed by atoms with Crippen LogP contribution in [-0.4, -0.2) is 19.9 Å². The molecule has 47 heavy (non-hydrogen) atoms. The van der Waals surface area contributed by atoms with Gasteiger partial charge in [-0.3, -0.25) is 4.98 Å². The fourth-order valence-corrected chi connectivity index (χ4v) is 5.46. The van der Waals surface area contributed by atoms with Crippen molar-refractivity contribution >= 4 is 21.5 Å². The minimum atomic E-state index is 0.160. The predicted octanol–water partition coefficient (Wildman–Crippen LogP) is 10.6. The number of pyridine rings is 1. The Hall–Kier alpha value is -6.00. The van der Waals surface area contributed by atoms with Crippen LogP contribution in [0.5, 0.6) is 0 Å². The molecule has 0 atom stereocenters. The van der Waals surface area contributed by atoms with Gasteiger partial charge in [0.15, 0.2) is 0 Å². The molecule has 0 radical (unpaired) electrons. The summed E-state index contributed by atoms with van der Waals surface area (Å²) < 4.78 is 0. The molecule has 2 aromatic heterocycles. The number of nitrogens with zero attached hydrogens (tertiary/aromatic N) is 4. The summed E-state index contributed by atoms with van der Waals surface area (Å²) in [5.74, 6) is 0. The molecule has 8 aromatic rings. The summed E-state index contributed by atoms with van der Waals surface area (Å²) in [6.45, 7) is 4.61. The van der Waals surface area contributed by atoms with E-state index in [0.717, 1.165) is 0 Å². The van der Waals surface area contributed by atoms with Crippen LogP contribution in [0.15, 0.2) is 195 Å². The fraction of sp³-hybridized carbons (Fsp3) is 0.0698. The first-order valence-corrected chi connectivity index (χ1v) is 15.6. The lowest BCUT2D eigenvalue weighted by atomic mass is 9.82. The smallest absolute Gasteiger partial charge is 0.119 e. The van der Waals surface area contributed by atoms with E-state index < -0.39 is 0 Å². The lowest BCUT2D eigenvalue weighted by Crippen LogP contribution is -2.14. The van der Waals surface area contributed by atoms with Gasteiger partial charge in [0.1, 0.15) is 19.0 Å². The molecule has 1 aliphatic rings. The third-order valence-corrected chi connectivity index (χ3v) is 7.74. The Kier molecular flexibility index (Phi) is 11.6. The molecule has 9 rings (SSSR count). The van der Waals surface area contributed by atoms with E-state index in [9.17, 15) is 0 Å². The molecule has 0 bridgehead atoms. The second-order valence-corrected chi connectivity index (χ2v) is 11.2. The van der Waals surface area contributed by atoms with Crippen molar-refractivity contribution in [1.29, 1.82) is 0 Å². The molecule has 0 amide bonds. The maximum absolute atomic E-state index is 3.78. The summed E-state index contributed by atoms with van der Waals surface area (Å²) in [5.41, 5.74) is 5.86. The molecule has 0 fully saturated rings. The third-order valence-electron chi connectivity index (χ3n) is 7.74. The van der Waals surface area contributed by atoms with Crippen molar-refractivity contribution < 1.29 is 0 Å². The Morgan fingerprint density at radius 1 is 0.340 bits per heavy atom. The van der Waals surface area contributed by atoms with Gasteiger partial charge in [-0.05, 0) is 68.1 Å². The first-order chi connectivity index (χ1) is 23.1. The van der Waals surface area contributed by atoms with Crippen LogP contribution in [0.3, 0.4) is 0 Å². The Bertz CT molecular complexity index is 1750. The van der Waals surface area contributed by atoms with Crippen LogP contribution in [0.2, 0.25) is 0 Å². The molecule has 230 valence electrons. The zero-order valence-corrected chi connectivity index (χ0v) is 26.8. The fourth-order valence-electron chi connectivity index (χ4n) is 5.46. The van der Waals surface area contributed by atoms with Gasteiger partial charge in [0.05, 0.1) is 0 Å². The predicted molar refractivity (Wildman–Crippen MR) is 196 cm³/mol. The van der Waals surface area contributed by atoms with Gasteiger partial charge in [-0.25, -0.2) is 15.0 Å². The normalized spacial score (nSPS) is 11.4. The van der Waals surface area contributed by atoms with E-state index in [4.69, 9.17) is 0 Å². The monoisotopic (exact) mass is 610 g/mol. The van der Waals surface area contributed by atoms with Crippen LogP contribution in [0, 0.1) is 0 Å². The Morgan fingerprint density at radius 2 is 0.660 bits per heavy atom. The summed E-state index contributed by atoms with van der Waals surface area (Å²) in [4.78, 5) is 14.5. The minimum Gasteiger partial charge on any atom is -0.265 e. The molecule has 0 saturated carbocycles. The van der Waals surface area contributed by atoms with E-state index >= 15 is 0 Å². The lowest BCUT2D eigenvalue weighted by Gasteiger charge is -2.20. The molecular formula is C43H38N4. The largest absolute Gasteiger partial charge is 0.265 e. The summed E-state index contributed by atoms with van der Waals surface area (Å²) in [6, 6.07) is 56.6. The average Bonchev–Trinajstić information content (AvgIpc) is 3.40. The number of hydrogen-bond acceptors (Lipinski definition) is 4. The van der Waals surface area contributed by atoms with Gasteiger partial charge in [-0.1, -0.05) is 153 Å². The number of hydrogen-bond donors (Lipinski definition) is 0. The topological polar surface area (TPSA) is 51.6 Å². The second-order valence-electron chi connectivity index (χ2n) is 11.2. The molecule has 0 saturated heterocycles. The summed E-state index contributed by atoms with van der Waals surface area (Å²) in [7, 11) is 0. The van der Waals surface area contributed by atoms with Gasteiger partial charge in [-0.15, -0.1) is 0 Å². The molecule has 0 unspecified atom stereocenters. The molecule has 0 aliphatic heterocycles. The Balaban J connectivity index is 0.000000124. The van der Waals surface area contributed by atoms with Crippen LogP contribution >= 0.6 is 0 Å². The highest BCUT2D eigenvalue weighted by Crippen LogP contribution is 2.48. The van der Waals surface area contributed by atoms with E-state index in [2.05, 4.69) is 143 Å². The molecule has 0 N–H and O–H groups in total. The SMILES string of the molecule is CC1(C)c2ccccc2-c2ccccc21.c1ccc2cc3ccccc3cc2c1.c1ccccc1.c1ccncc1.c1ncncn1. The maximum Gasteiger partial charge on any atom is 0.119 e. The number of aromatic nitrogens is 4. The Morgan fingerprint density at radius 3 is 0.957 bits per heavy atom. The third kappa shape index (κ3) is 9.03. The van der Waals surface area contributed by atoms with E-state index in [0.29, 0.717) is 0 Å². The molecule has 1 aliphatic carbocycles. The quantitative estimate of drug-likeness (QED) is 0.160. The second kappa shape index (κ2) is 16.9. The van der Waals surface area contributed by atoms with Crippen LogP contribution in [0.25, 0.3) is 32.7 Å². The molecular weight excluding hydrogens is 573 g/mol. The number of rotatable bonds is 0. The zero-order chi connectivity index (χ0) is 32.6. The van der Waals surface area contributed by atoms with Crippen LogP contribution in [-0.2, 0) is 5.41 Å². The van der Waals surface area contributed by atoms with Crippen molar-refractivity contribution in [2.75, 3.05) is 0 Å². The first kappa shape index (κ1) is 32.4. The highest BCUT2D eigenvalue weighted by Gasteiger charge is 2.34. The van der Waals surface area contributed by atoms with Crippen molar-refractivity contribution in [3.8, 4) is 11.1 Å². The van der Waals surface area contributed by atoms with Gasteiger partial charge in [-0.2, -0.15) is 0 Å². The summed E-state index contributed by atoms with van der Waals surface area (Å²) in [5, 5.41) is 5.25. The van der Waals surface area contributed by atoms with Crippen molar-refractivity contribution in [3.63, 3.8) is 0 Å². The highest BCUT2D eigenvalue weighted by molar-refractivity contribution is 5.98. The highest BCUT2D eigenvalue weighted by atomic mass is 14.9. The van der Waals surface area contributed by atoms with Gasteiger partial charge in [0.25, 0.3) is 0 Å². The first-order valence-electron chi connectivity index (χ1n) is 15.6. The molecule has 0 spiro atoms. The van der Waals surface area contributed by atoms with Gasteiger partial charge < -0.3 is 0 Å². The van der Waals surface area contributed by atoms with Gasteiger partial charge in [0, 0.05) is 17.8 Å². The van der Waals surface area contributed by atoms with E-state index in [-0.39, 0.29) is 5.41 Å². The molecule has 6 aromatic carbocycles. The van der Waals surface area contributed by atoms with Crippen molar-refractivity contribution in [2.45, 2.75) is 19.3 Å². The molecule has 2 heterocycles. The number of benzene rings is 6. The van der Waals surface area contributed by atoms with E-state index in [1.807, 2.05) is 54.6 Å². The number of fused-ring (bicyclic) bond motifs is 5. The standard InChI is InChI=1S/C15H14.C14H10.C6H6.C5H5N.C3H3N3/c1-15(2)13-9-5-3-7-11(13)12-8-4-6-10-14(12)15;1-2-6-12-10-14-8-4-3-7-13(14)9-11(12)5-1;2*1-2-4-6-5-3-1;1-4-2-6-3-5-1/h3-10H,1-2H3;1-10H;1-6H;1-5H;1-3H. The van der Waals surface area contributed by atoms with Crippen molar-refractivity contribution in [3.05, 3.63) is 206 Å².